The molecule has 0 aliphatic carbocycles. The number of ether oxygens (including phenoxy) is 3. The Kier molecular flexibility index (Phi) is 5.67. The molecule has 1 heterocycles. The number of likely N-dealkylation sites (N-methyl/N-ethyl adjacent to an activating group) is 1. The highest BCUT2D eigenvalue weighted by Gasteiger charge is 2.33. The predicted octanol–water partition coefficient (Wildman–Crippen LogP) is 3.19. The van der Waals surface area contributed by atoms with E-state index in [-0.39, 0.29) is 17.6 Å². The van der Waals surface area contributed by atoms with Crippen LogP contribution in [0.15, 0.2) is 36.4 Å². The quantitative estimate of drug-likeness (QED) is 0.822. The summed E-state index contributed by atoms with van der Waals surface area (Å²) in [5.41, 5.74) is 0.409. The van der Waals surface area contributed by atoms with Gasteiger partial charge in [0.15, 0.2) is 11.6 Å². The standard InChI is InChI=1S/C20H21FN2O5/c1-23-16(7-9-19(23)24)20(25)22-15-10-12(5-8-17(15)26-2)28-13-4-6-14(21)18(11-13)27-3/h4-6,8,10-11,16H,7,9H2,1-3H3,(H,22,25)/t16-/m1/s1. The summed E-state index contributed by atoms with van der Waals surface area (Å²) in [7, 11) is 4.47. The molecule has 1 atom stereocenters. The summed E-state index contributed by atoms with van der Waals surface area (Å²) in [6, 6.07) is 8.53. The van der Waals surface area contributed by atoms with Crippen LogP contribution in [0, 0.1) is 5.82 Å². The van der Waals surface area contributed by atoms with Crippen molar-refractivity contribution < 1.29 is 28.2 Å². The molecule has 0 spiro atoms. The van der Waals surface area contributed by atoms with Crippen molar-refractivity contribution in [2.75, 3.05) is 26.6 Å². The van der Waals surface area contributed by atoms with Crippen molar-refractivity contribution in [3.05, 3.63) is 42.2 Å². The molecule has 3 rings (SSSR count). The van der Waals surface area contributed by atoms with E-state index >= 15 is 0 Å². The maximum absolute atomic E-state index is 13.5. The van der Waals surface area contributed by atoms with Gasteiger partial charge in [0.1, 0.15) is 23.3 Å². The van der Waals surface area contributed by atoms with Crippen LogP contribution in [0.1, 0.15) is 12.8 Å². The lowest BCUT2D eigenvalue weighted by atomic mass is 10.2. The van der Waals surface area contributed by atoms with Gasteiger partial charge in [0.05, 0.1) is 19.9 Å². The summed E-state index contributed by atoms with van der Waals surface area (Å²) in [6.07, 6.45) is 0.816. The van der Waals surface area contributed by atoms with Gasteiger partial charge in [-0.05, 0) is 30.7 Å². The SMILES string of the molecule is COc1cc(Oc2ccc(OC)c(NC(=O)[C@H]3CCC(=O)N3C)c2)ccc1F. The number of hydrogen-bond donors (Lipinski definition) is 1. The summed E-state index contributed by atoms with van der Waals surface area (Å²) in [5, 5.41) is 2.79. The molecule has 148 valence electrons. The smallest absolute Gasteiger partial charge is 0.247 e. The molecule has 2 amide bonds. The lowest BCUT2D eigenvalue weighted by Crippen LogP contribution is -2.38. The molecule has 1 aliphatic rings. The van der Waals surface area contributed by atoms with E-state index in [1.54, 1.807) is 25.2 Å². The second-order valence-electron chi connectivity index (χ2n) is 6.31. The van der Waals surface area contributed by atoms with E-state index in [2.05, 4.69) is 5.32 Å². The van der Waals surface area contributed by atoms with Crippen LogP contribution in [0.25, 0.3) is 0 Å². The van der Waals surface area contributed by atoms with Crippen molar-refractivity contribution in [1.29, 1.82) is 0 Å². The Morgan fingerprint density at radius 1 is 1.11 bits per heavy atom. The number of amides is 2. The van der Waals surface area contributed by atoms with Gasteiger partial charge in [-0.2, -0.15) is 0 Å². The number of likely N-dealkylation sites (tertiary alicyclic amines) is 1. The zero-order chi connectivity index (χ0) is 20.3. The molecule has 1 fully saturated rings. The van der Waals surface area contributed by atoms with Crippen LogP contribution in [0.4, 0.5) is 10.1 Å². The Morgan fingerprint density at radius 2 is 1.79 bits per heavy atom. The molecular formula is C20H21FN2O5. The number of carbonyl (C=O) groups excluding carboxylic acids is 2. The Hall–Kier alpha value is -3.29. The molecule has 0 radical (unpaired) electrons. The average molecular weight is 388 g/mol. The Balaban J connectivity index is 1.80. The van der Waals surface area contributed by atoms with E-state index in [1.165, 1.54) is 37.3 Å². The molecule has 0 bridgehead atoms. The number of methoxy groups -OCH3 is 2. The van der Waals surface area contributed by atoms with E-state index in [4.69, 9.17) is 14.2 Å². The third-order valence-corrected chi connectivity index (χ3v) is 4.58. The maximum atomic E-state index is 13.5. The third-order valence-electron chi connectivity index (χ3n) is 4.58. The van der Waals surface area contributed by atoms with Crippen molar-refractivity contribution in [2.45, 2.75) is 18.9 Å². The molecule has 0 saturated carbocycles. The van der Waals surface area contributed by atoms with Gasteiger partial charge in [0.2, 0.25) is 11.8 Å². The summed E-state index contributed by atoms with van der Waals surface area (Å²) in [5.74, 6) is 0.453. The van der Waals surface area contributed by atoms with E-state index in [0.717, 1.165) is 0 Å². The topological polar surface area (TPSA) is 77.1 Å². The predicted molar refractivity (Wildman–Crippen MR) is 100 cm³/mol. The molecule has 0 aromatic heterocycles. The zero-order valence-electron chi connectivity index (χ0n) is 15.8. The highest BCUT2D eigenvalue weighted by molar-refractivity contribution is 5.99. The number of anilines is 1. The molecule has 2 aromatic rings. The largest absolute Gasteiger partial charge is 0.495 e. The van der Waals surface area contributed by atoms with E-state index < -0.39 is 11.9 Å². The number of benzene rings is 2. The van der Waals surface area contributed by atoms with Gasteiger partial charge in [-0.25, -0.2) is 4.39 Å². The van der Waals surface area contributed by atoms with Crippen molar-refractivity contribution in [1.82, 2.24) is 4.90 Å². The second-order valence-corrected chi connectivity index (χ2v) is 6.31. The van der Waals surface area contributed by atoms with Crippen LogP contribution in [0.3, 0.4) is 0 Å². The number of hydrogen-bond acceptors (Lipinski definition) is 5. The summed E-state index contributed by atoms with van der Waals surface area (Å²) in [4.78, 5) is 25.7. The Bertz CT molecular complexity index is 902. The Labute approximate surface area is 162 Å². The fourth-order valence-corrected chi connectivity index (χ4v) is 3.01. The summed E-state index contributed by atoms with van der Waals surface area (Å²) < 4.78 is 29.5. The highest BCUT2D eigenvalue weighted by Crippen LogP contribution is 2.33. The molecule has 0 unspecified atom stereocenters. The number of carbonyl (C=O) groups is 2. The van der Waals surface area contributed by atoms with E-state index in [0.29, 0.717) is 35.8 Å². The van der Waals surface area contributed by atoms with Crippen molar-refractivity contribution in [2.24, 2.45) is 0 Å². The van der Waals surface area contributed by atoms with Crippen molar-refractivity contribution in [3.63, 3.8) is 0 Å². The average Bonchev–Trinajstić information content (AvgIpc) is 3.02. The van der Waals surface area contributed by atoms with Gasteiger partial charge >= 0.3 is 0 Å². The molecule has 1 aliphatic heterocycles. The molecule has 1 N–H and O–H groups in total. The first-order valence-electron chi connectivity index (χ1n) is 8.69. The van der Waals surface area contributed by atoms with Crippen LogP contribution in [0.2, 0.25) is 0 Å². The van der Waals surface area contributed by atoms with Gasteiger partial charge in [0, 0.05) is 25.6 Å². The number of nitrogens with one attached hydrogen (secondary N) is 1. The van der Waals surface area contributed by atoms with Crippen LogP contribution in [0.5, 0.6) is 23.0 Å². The Morgan fingerprint density at radius 3 is 2.43 bits per heavy atom. The number of halogens is 1. The fourth-order valence-electron chi connectivity index (χ4n) is 3.01. The van der Waals surface area contributed by atoms with E-state index in [1.807, 2.05) is 0 Å². The summed E-state index contributed by atoms with van der Waals surface area (Å²) >= 11 is 0. The van der Waals surface area contributed by atoms with Crippen LogP contribution in [-0.4, -0.2) is 44.0 Å². The zero-order valence-corrected chi connectivity index (χ0v) is 15.8. The minimum absolute atomic E-state index is 0.0607. The van der Waals surface area contributed by atoms with Crippen LogP contribution in [-0.2, 0) is 9.59 Å². The van der Waals surface area contributed by atoms with E-state index in [9.17, 15) is 14.0 Å². The molecule has 28 heavy (non-hydrogen) atoms. The van der Waals surface area contributed by atoms with Crippen LogP contribution >= 0.6 is 0 Å². The van der Waals surface area contributed by atoms with Gasteiger partial charge in [-0.15, -0.1) is 0 Å². The monoisotopic (exact) mass is 388 g/mol. The second kappa shape index (κ2) is 8.16. The van der Waals surface area contributed by atoms with Crippen molar-refractivity contribution >= 4 is 17.5 Å². The van der Waals surface area contributed by atoms with Gasteiger partial charge < -0.3 is 24.4 Å². The fraction of sp³-hybridized carbons (Fsp3) is 0.300. The van der Waals surface area contributed by atoms with Gasteiger partial charge in [-0.1, -0.05) is 0 Å². The third kappa shape index (κ3) is 4.00. The van der Waals surface area contributed by atoms with Crippen molar-refractivity contribution in [3.8, 4) is 23.0 Å². The normalized spacial score (nSPS) is 16.1. The molecule has 8 heteroatoms. The number of rotatable bonds is 6. The van der Waals surface area contributed by atoms with Gasteiger partial charge in [-0.3, -0.25) is 9.59 Å². The lowest BCUT2D eigenvalue weighted by molar-refractivity contribution is -0.131. The molecule has 1 saturated heterocycles. The first-order valence-corrected chi connectivity index (χ1v) is 8.69. The molecular weight excluding hydrogens is 367 g/mol. The van der Waals surface area contributed by atoms with Crippen LogP contribution < -0.4 is 19.5 Å². The maximum Gasteiger partial charge on any atom is 0.247 e. The minimum Gasteiger partial charge on any atom is -0.495 e. The highest BCUT2D eigenvalue weighted by atomic mass is 19.1. The molecule has 7 nitrogen and oxygen atoms in total. The first kappa shape index (κ1) is 19.5. The number of nitrogens with zero attached hydrogens (tertiary/aromatic N) is 1. The van der Waals surface area contributed by atoms with Gasteiger partial charge in [0.25, 0.3) is 0 Å². The molecule has 2 aromatic carbocycles. The lowest BCUT2D eigenvalue weighted by Gasteiger charge is -2.20. The summed E-state index contributed by atoms with van der Waals surface area (Å²) in [6.45, 7) is 0. The minimum atomic E-state index is -0.525. The first-order chi connectivity index (χ1) is 13.4.